The maximum atomic E-state index is 12.4. The summed E-state index contributed by atoms with van der Waals surface area (Å²) in [5, 5.41) is -0.109. The van der Waals surface area contributed by atoms with Crippen LogP contribution in [-0.2, 0) is 20.0 Å². The minimum absolute atomic E-state index is 0.109. The lowest BCUT2D eigenvalue weighted by atomic mass is 10.1. The minimum atomic E-state index is -4.26. The van der Waals surface area contributed by atoms with Crippen molar-refractivity contribution in [1.29, 1.82) is 0 Å². The molecule has 0 atom stereocenters. The lowest BCUT2D eigenvalue weighted by Gasteiger charge is -2.11. The van der Waals surface area contributed by atoms with E-state index in [1.807, 2.05) is 19.9 Å². The molecule has 0 bridgehead atoms. The molecular weight excluding hydrogens is 360 g/mol. The van der Waals surface area contributed by atoms with Gasteiger partial charge in [0.15, 0.2) is 9.84 Å². The van der Waals surface area contributed by atoms with Gasteiger partial charge in [-0.1, -0.05) is 17.7 Å². The van der Waals surface area contributed by atoms with Crippen molar-refractivity contribution < 1.29 is 21.0 Å². The molecule has 2 aromatic rings. The lowest BCUT2D eigenvalue weighted by molar-refractivity contribution is 0.485. The number of hydrogen-bond donors (Lipinski definition) is 0. The van der Waals surface area contributed by atoms with Crippen LogP contribution in [0.1, 0.15) is 11.1 Å². The van der Waals surface area contributed by atoms with E-state index in [1.54, 1.807) is 12.1 Å². The standard InChI is InChI=1S/C15H15ClO5S2/c1-10-6-11(2)8-12(7-10)21-23(19,20)15-9-13(22(3,17)18)4-5-14(15)16/h4-9H,1-3H3. The summed E-state index contributed by atoms with van der Waals surface area (Å²) in [6, 6.07) is 8.47. The van der Waals surface area contributed by atoms with Gasteiger partial charge in [0, 0.05) is 6.26 Å². The number of benzene rings is 2. The Bertz CT molecular complexity index is 943. The molecule has 0 N–H and O–H groups in total. The predicted molar refractivity (Wildman–Crippen MR) is 88.3 cm³/mol. The first-order chi connectivity index (χ1) is 10.5. The van der Waals surface area contributed by atoms with Gasteiger partial charge in [-0.15, -0.1) is 0 Å². The van der Waals surface area contributed by atoms with Crippen molar-refractivity contribution in [2.45, 2.75) is 23.6 Å². The molecule has 0 aliphatic carbocycles. The molecule has 0 fully saturated rings. The van der Waals surface area contributed by atoms with Crippen LogP contribution in [0.4, 0.5) is 0 Å². The van der Waals surface area contributed by atoms with Crippen molar-refractivity contribution in [3.8, 4) is 5.75 Å². The molecule has 23 heavy (non-hydrogen) atoms. The molecule has 0 spiro atoms. The Morgan fingerprint density at radius 2 is 1.48 bits per heavy atom. The molecule has 0 saturated carbocycles. The Labute approximate surface area is 140 Å². The molecule has 0 aromatic heterocycles. The molecule has 2 aromatic carbocycles. The highest BCUT2D eigenvalue weighted by Gasteiger charge is 2.23. The fraction of sp³-hybridized carbons (Fsp3) is 0.200. The second kappa shape index (κ2) is 6.14. The summed E-state index contributed by atoms with van der Waals surface area (Å²) in [5.41, 5.74) is 1.68. The molecule has 0 aliphatic heterocycles. The van der Waals surface area contributed by atoms with Crippen molar-refractivity contribution in [2.24, 2.45) is 0 Å². The first-order valence-corrected chi connectivity index (χ1v) is 10.2. The largest absolute Gasteiger partial charge is 0.379 e. The van der Waals surface area contributed by atoms with E-state index in [4.69, 9.17) is 15.8 Å². The number of sulfone groups is 1. The van der Waals surface area contributed by atoms with Crippen molar-refractivity contribution in [3.05, 3.63) is 52.5 Å². The van der Waals surface area contributed by atoms with Crippen molar-refractivity contribution in [3.63, 3.8) is 0 Å². The predicted octanol–water partition coefficient (Wildman–Crippen LogP) is 3.13. The van der Waals surface area contributed by atoms with E-state index in [0.29, 0.717) is 0 Å². The van der Waals surface area contributed by atoms with Crippen LogP contribution in [0, 0.1) is 13.8 Å². The molecule has 5 nitrogen and oxygen atoms in total. The van der Waals surface area contributed by atoms with Gasteiger partial charge in [-0.3, -0.25) is 0 Å². The van der Waals surface area contributed by atoms with Crippen LogP contribution in [-0.4, -0.2) is 23.1 Å². The van der Waals surface area contributed by atoms with E-state index in [-0.39, 0.29) is 20.6 Å². The number of aryl methyl sites for hydroxylation is 2. The van der Waals surface area contributed by atoms with Gasteiger partial charge in [-0.2, -0.15) is 8.42 Å². The van der Waals surface area contributed by atoms with Gasteiger partial charge in [0.1, 0.15) is 10.6 Å². The number of rotatable bonds is 4. The maximum Gasteiger partial charge on any atom is 0.340 e. The fourth-order valence-corrected chi connectivity index (χ4v) is 4.20. The fourth-order valence-electron chi connectivity index (χ4n) is 2.06. The summed E-state index contributed by atoms with van der Waals surface area (Å²) in [7, 11) is -7.82. The Morgan fingerprint density at radius 3 is 2.00 bits per heavy atom. The van der Waals surface area contributed by atoms with Crippen LogP contribution in [0.25, 0.3) is 0 Å². The quantitative estimate of drug-likeness (QED) is 0.768. The molecule has 2 rings (SSSR count). The molecule has 0 heterocycles. The highest BCUT2D eigenvalue weighted by atomic mass is 35.5. The van der Waals surface area contributed by atoms with Crippen molar-refractivity contribution in [2.75, 3.05) is 6.26 Å². The van der Waals surface area contributed by atoms with E-state index in [0.717, 1.165) is 23.4 Å². The van der Waals surface area contributed by atoms with Crippen LogP contribution >= 0.6 is 11.6 Å². The summed E-state index contributed by atoms with van der Waals surface area (Å²) in [6.07, 6.45) is 0.984. The zero-order valence-electron chi connectivity index (χ0n) is 12.7. The molecule has 8 heteroatoms. The normalized spacial score (nSPS) is 12.2. The number of halogens is 1. The third kappa shape index (κ3) is 4.25. The summed E-state index contributed by atoms with van der Waals surface area (Å²) in [6.45, 7) is 3.62. The second-order valence-corrected chi connectivity index (χ2v) is 9.16. The molecule has 0 radical (unpaired) electrons. The van der Waals surface area contributed by atoms with Gasteiger partial charge in [-0.25, -0.2) is 8.42 Å². The van der Waals surface area contributed by atoms with Crippen molar-refractivity contribution >= 4 is 31.6 Å². The van der Waals surface area contributed by atoms with E-state index in [1.165, 1.54) is 12.1 Å². The van der Waals surface area contributed by atoms with E-state index in [2.05, 4.69) is 0 Å². The minimum Gasteiger partial charge on any atom is -0.379 e. The summed E-state index contributed by atoms with van der Waals surface area (Å²) < 4.78 is 53.1. The van der Waals surface area contributed by atoms with E-state index in [9.17, 15) is 16.8 Å². The third-order valence-corrected chi connectivity index (χ3v) is 5.84. The first-order valence-electron chi connectivity index (χ1n) is 6.51. The molecule has 0 unspecified atom stereocenters. The second-order valence-electron chi connectivity index (χ2n) is 5.23. The SMILES string of the molecule is Cc1cc(C)cc(OS(=O)(=O)c2cc(S(C)(=O)=O)ccc2Cl)c1. The summed E-state index contributed by atoms with van der Waals surface area (Å²) >= 11 is 5.91. The highest BCUT2D eigenvalue weighted by molar-refractivity contribution is 7.90. The molecule has 0 amide bonds. The van der Waals surface area contributed by atoms with Gasteiger partial charge < -0.3 is 4.18 Å². The summed E-state index contributed by atoms with van der Waals surface area (Å²) in [4.78, 5) is -0.536. The van der Waals surface area contributed by atoms with Crippen molar-refractivity contribution in [1.82, 2.24) is 0 Å². The zero-order valence-corrected chi connectivity index (χ0v) is 15.1. The smallest absolute Gasteiger partial charge is 0.340 e. The average molecular weight is 375 g/mol. The third-order valence-electron chi connectivity index (χ3n) is 3.00. The Hall–Kier alpha value is -1.57. The summed E-state index contributed by atoms with van der Waals surface area (Å²) in [5.74, 6) is 0.142. The Balaban J connectivity index is 2.51. The van der Waals surface area contributed by atoms with Gasteiger partial charge in [0.2, 0.25) is 0 Å². The van der Waals surface area contributed by atoms with Crippen LogP contribution in [0.2, 0.25) is 5.02 Å². The van der Waals surface area contributed by atoms with Gasteiger partial charge >= 0.3 is 10.1 Å². The Morgan fingerprint density at radius 1 is 0.913 bits per heavy atom. The van der Waals surface area contributed by atoms with Gasteiger partial charge in [-0.05, 0) is 55.3 Å². The topological polar surface area (TPSA) is 77.5 Å². The van der Waals surface area contributed by atoms with Gasteiger partial charge in [0.25, 0.3) is 0 Å². The maximum absolute atomic E-state index is 12.4. The monoisotopic (exact) mass is 374 g/mol. The average Bonchev–Trinajstić information content (AvgIpc) is 2.35. The highest BCUT2D eigenvalue weighted by Crippen LogP contribution is 2.28. The number of hydrogen-bond acceptors (Lipinski definition) is 5. The van der Waals surface area contributed by atoms with Crippen LogP contribution in [0.15, 0.2) is 46.2 Å². The molecule has 0 aliphatic rings. The lowest BCUT2D eigenvalue weighted by Crippen LogP contribution is -2.11. The van der Waals surface area contributed by atoms with E-state index >= 15 is 0 Å². The first kappa shape index (κ1) is 17.8. The zero-order chi connectivity index (χ0) is 17.4. The van der Waals surface area contributed by atoms with Crippen LogP contribution in [0.5, 0.6) is 5.75 Å². The van der Waals surface area contributed by atoms with Gasteiger partial charge in [0.05, 0.1) is 9.92 Å². The molecular formula is C15H15ClO5S2. The van der Waals surface area contributed by atoms with Crippen LogP contribution in [0.3, 0.4) is 0 Å². The molecule has 124 valence electrons. The van der Waals surface area contributed by atoms with Crippen LogP contribution < -0.4 is 4.18 Å². The van der Waals surface area contributed by atoms with E-state index < -0.39 is 20.0 Å². The molecule has 0 saturated heterocycles. The Kier molecular flexibility index (Phi) is 4.75.